The zero-order valence-electron chi connectivity index (χ0n) is 20.2. The van der Waals surface area contributed by atoms with E-state index < -0.39 is 5.82 Å². The maximum absolute atomic E-state index is 13.9. The molecule has 3 aromatic rings. The van der Waals surface area contributed by atoms with Crippen LogP contribution in [-0.2, 0) is 29.1 Å². The predicted molar refractivity (Wildman–Crippen MR) is 135 cm³/mol. The highest BCUT2D eigenvalue weighted by atomic mass is 35.5. The summed E-state index contributed by atoms with van der Waals surface area (Å²) in [6.45, 7) is 1.29. The fourth-order valence-electron chi connectivity index (χ4n) is 3.66. The molecule has 2 aromatic heterocycles. The smallest absolute Gasteiger partial charge is 0.270 e. The van der Waals surface area contributed by atoms with Gasteiger partial charge in [0.25, 0.3) is 5.91 Å². The second kappa shape index (κ2) is 12.3. The standard InChI is InChI=1S/C24H27ClFN9O2/c1-33-21(24(37)28-14-17-12-18(25)7-8-20(17)26)15-35(32-33)11-5-4-10-34-16-22(30-31-34)29-23(36)13-19-6-2-3-9-27-19/h2-3,6-9,12,15-16,32H,4-5,10-11,13-14H2,1H3,(H,28,37)(H,29,36). The molecular formula is C24H27ClFN9O2. The molecule has 1 aliphatic rings. The number of nitrogens with zero attached hydrogens (tertiary/aromatic N) is 6. The number of anilines is 1. The van der Waals surface area contributed by atoms with Crippen LogP contribution in [0.15, 0.2) is 60.7 Å². The molecule has 0 unspecified atom stereocenters. The number of halogens is 2. The van der Waals surface area contributed by atoms with Crippen molar-refractivity contribution < 1.29 is 14.0 Å². The number of hydrazine groups is 2. The Morgan fingerprint density at radius 1 is 1.16 bits per heavy atom. The van der Waals surface area contributed by atoms with Crippen LogP contribution in [0, 0.1) is 5.82 Å². The quantitative estimate of drug-likeness (QED) is 0.325. The van der Waals surface area contributed by atoms with Crippen molar-refractivity contribution in [1.82, 2.24) is 40.8 Å². The molecule has 0 saturated heterocycles. The van der Waals surface area contributed by atoms with E-state index in [0.717, 1.165) is 12.8 Å². The highest BCUT2D eigenvalue weighted by Crippen LogP contribution is 2.16. The molecule has 2 amide bonds. The molecule has 0 aliphatic carbocycles. The zero-order chi connectivity index (χ0) is 26.2. The van der Waals surface area contributed by atoms with Crippen LogP contribution in [0.2, 0.25) is 5.02 Å². The molecule has 194 valence electrons. The number of aromatic nitrogens is 4. The number of rotatable bonds is 11. The second-order valence-electron chi connectivity index (χ2n) is 8.41. The molecule has 0 radical (unpaired) electrons. The molecule has 0 bridgehead atoms. The van der Waals surface area contributed by atoms with Gasteiger partial charge in [-0.05, 0) is 43.2 Å². The number of carbonyl (C=O) groups excluding carboxylic acids is 2. The van der Waals surface area contributed by atoms with Crippen molar-refractivity contribution >= 4 is 29.2 Å². The van der Waals surface area contributed by atoms with E-state index >= 15 is 0 Å². The maximum Gasteiger partial charge on any atom is 0.270 e. The molecule has 4 rings (SSSR count). The molecule has 1 aliphatic heterocycles. The summed E-state index contributed by atoms with van der Waals surface area (Å²) in [5.74, 6) is -0.582. The molecule has 0 spiro atoms. The van der Waals surface area contributed by atoms with E-state index in [1.807, 2.05) is 6.07 Å². The number of aryl methyl sites for hydroxylation is 1. The van der Waals surface area contributed by atoms with Gasteiger partial charge in [0.1, 0.15) is 11.5 Å². The third-order valence-electron chi connectivity index (χ3n) is 5.51. The summed E-state index contributed by atoms with van der Waals surface area (Å²) in [6, 6.07) is 9.64. The van der Waals surface area contributed by atoms with Gasteiger partial charge in [-0.1, -0.05) is 22.9 Å². The maximum atomic E-state index is 13.9. The van der Waals surface area contributed by atoms with Crippen molar-refractivity contribution in [3.05, 3.63) is 82.8 Å². The lowest BCUT2D eigenvalue weighted by molar-refractivity contribution is -0.119. The number of carbonyl (C=O) groups is 2. The van der Waals surface area contributed by atoms with Gasteiger partial charge in [0.15, 0.2) is 5.82 Å². The van der Waals surface area contributed by atoms with E-state index in [2.05, 4.69) is 31.5 Å². The lowest BCUT2D eigenvalue weighted by Crippen LogP contribution is -2.40. The van der Waals surface area contributed by atoms with Crippen LogP contribution >= 0.6 is 11.6 Å². The van der Waals surface area contributed by atoms with E-state index in [-0.39, 0.29) is 24.8 Å². The average molecular weight is 528 g/mol. The van der Waals surface area contributed by atoms with Gasteiger partial charge in [-0.2, -0.15) is 0 Å². The Morgan fingerprint density at radius 3 is 2.81 bits per heavy atom. The summed E-state index contributed by atoms with van der Waals surface area (Å²) < 4.78 is 15.6. The van der Waals surface area contributed by atoms with Gasteiger partial charge in [0, 0.05) is 55.4 Å². The fourth-order valence-corrected chi connectivity index (χ4v) is 3.85. The molecule has 0 fully saturated rings. The van der Waals surface area contributed by atoms with Crippen molar-refractivity contribution in [2.45, 2.75) is 32.4 Å². The number of likely N-dealkylation sites (N-methyl/N-ethyl adjacent to an activating group) is 1. The van der Waals surface area contributed by atoms with E-state index in [1.165, 1.54) is 18.2 Å². The minimum Gasteiger partial charge on any atom is -0.346 e. The monoisotopic (exact) mass is 527 g/mol. The van der Waals surface area contributed by atoms with Gasteiger partial charge in [0.2, 0.25) is 5.91 Å². The number of pyridine rings is 1. The molecule has 3 heterocycles. The number of hydrogen-bond acceptors (Lipinski definition) is 8. The van der Waals surface area contributed by atoms with E-state index in [0.29, 0.717) is 40.9 Å². The van der Waals surface area contributed by atoms with Crippen LogP contribution in [0.5, 0.6) is 0 Å². The van der Waals surface area contributed by atoms with Gasteiger partial charge >= 0.3 is 0 Å². The Kier molecular flexibility index (Phi) is 8.64. The fraction of sp³-hybridized carbons (Fsp3) is 0.292. The van der Waals surface area contributed by atoms with Crippen LogP contribution in [0.1, 0.15) is 24.1 Å². The summed E-state index contributed by atoms with van der Waals surface area (Å²) in [4.78, 5) is 28.8. The van der Waals surface area contributed by atoms with Crippen LogP contribution in [0.25, 0.3) is 0 Å². The number of nitrogens with one attached hydrogen (secondary N) is 3. The summed E-state index contributed by atoms with van der Waals surface area (Å²) in [5, 5.41) is 17.3. The van der Waals surface area contributed by atoms with Crippen molar-refractivity contribution in [1.29, 1.82) is 0 Å². The summed E-state index contributed by atoms with van der Waals surface area (Å²) in [5.41, 5.74) is 4.48. The Balaban J connectivity index is 1.17. The molecule has 11 nitrogen and oxygen atoms in total. The number of benzene rings is 1. The number of amides is 2. The van der Waals surface area contributed by atoms with Crippen molar-refractivity contribution in [2.24, 2.45) is 0 Å². The first-order valence-corrected chi connectivity index (χ1v) is 12.1. The zero-order valence-corrected chi connectivity index (χ0v) is 21.0. The lowest BCUT2D eigenvalue weighted by Gasteiger charge is -2.20. The van der Waals surface area contributed by atoms with Gasteiger partial charge < -0.3 is 10.6 Å². The molecule has 0 atom stereocenters. The van der Waals surface area contributed by atoms with Crippen molar-refractivity contribution in [3.8, 4) is 0 Å². The van der Waals surface area contributed by atoms with Gasteiger partial charge in [-0.25, -0.2) is 4.39 Å². The van der Waals surface area contributed by atoms with E-state index in [1.54, 1.807) is 52.5 Å². The summed E-state index contributed by atoms with van der Waals surface area (Å²) in [7, 11) is 1.73. The SMILES string of the molecule is CN1NN(CCCCn2cc(NC(=O)Cc3ccccn3)nn2)C=C1C(=O)NCc1cc(Cl)ccc1F. The Labute approximate surface area is 218 Å². The molecule has 3 N–H and O–H groups in total. The van der Waals surface area contributed by atoms with Crippen LogP contribution in [0.4, 0.5) is 10.2 Å². The first-order valence-electron chi connectivity index (χ1n) is 11.7. The van der Waals surface area contributed by atoms with Gasteiger partial charge in [-0.15, -0.1) is 10.6 Å². The molecule has 0 saturated carbocycles. The van der Waals surface area contributed by atoms with E-state index in [4.69, 9.17) is 11.6 Å². The molecule has 37 heavy (non-hydrogen) atoms. The normalized spacial score (nSPS) is 13.0. The Morgan fingerprint density at radius 2 is 2.00 bits per heavy atom. The third kappa shape index (κ3) is 7.48. The first-order chi connectivity index (χ1) is 17.9. The Hall–Kier alpha value is -4.03. The third-order valence-corrected chi connectivity index (χ3v) is 5.74. The first kappa shape index (κ1) is 26.0. The molecule has 1 aromatic carbocycles. The van der Waals surface area contributed by atoms with Crippen LogP contribution < -0.4 is 16.2 Å². The Bertz CT molecular complexity index is 1270. The second-order valence-corrected chi connectivity index (χ2v) is 8.84. The average Bonchev–Trinajstić information content (AvgIpc) is 3.48. The topological polar surface area (TPSA) is 120 Å². The lowest BCUT2D eigenvalue weighted by atomic mass is 10.2. The van der Waals surface area contributed by atoms with Gasteiger partial charge in [0.05, 0.1) is 12.6 Å². The largest absolute Gasteiger partial charge is 0.346 e. The number of hydrogen-bond donors (Lipinski definition) is 3. The molecular weight excluding hydrogens is 501 g/mol. The van der Waals surface area contributed by atoms with Gasteiger partial charge in [-0.3, -0.25) is 29.3 Å². The predicted octanol–water partition coefficient (Wildman–Crippen LogP) is 2.25. The molecule has 13 heteroatoms. The van der Waals surface area contributed by atoms with Crippen molar-refractivity contribution in [2.75, 3.05) is 18.9 Å². The minimum absolute atomic E-state index is 0.0277. The van der Waals surface area contributed by atoms with Crippen molar-refractivity contribution in [3.63, 3.8) is 0 Å². The van der Waals surface area contributed by atoms with E-state index in [9.17, 15) is 14.0 Å². The summed E-state index contributed by atoms with van der Waals surface area (Å²) in [6.07, 6.45) is 6.80. The van der Waals surface area contributed by atoms with Crippen LogP contribution in [-0.4, -0.2) is 55.4 Å². The highest BCUT2D eigenvalue weighted by molar-refractivity contribution is 6.30. The summed E-state index contributed by atoms with van der Waals surface area (Å²) >= 11 is 5.91. The van der Waals surface area contributed by atoms with Crippen LogP contribution in [0.3, 0.4) is 0 Å². The number of unbranched alkanes of at least 4 members (excludes halogenated alkanes) is 1. The minimum atomic E-state index is -0.426. The highest BCUT2D eigenvalue weighted by Gasteiger charge is 2.23.